The minimum atomic E-state index is -1.24. The summed E-state index contributed by atoms with van der Waals surface area (Å²) >= 11 is 0. The van der Waals surface area contributed by atoms with E-state index in [4.69, 9.17) is 19.6 Å². The molecule has 0 bridgehead atoms. The number of carboxylic acids is 1. The number of hydrogen-bond donors (Lipinski definition) is 3. The fourth-order valence-electron chi connectivity index (χ4n) is 5.05. The van der Waals surface area contributed by atoms with Crippen molar-refractivity contribution < 1.29 is 24.1 Å². The van der Waals surface area contributed by atoms with Gasteiger partial charge in [-0.3, -0.25) is 4.90 Å². The number of aliphatic carboxylic acids is 1. The lowest BCUT2D eigenvalue weighted by molar-refractivity contribution is -0.132. The van der Waals surface area contributed by atoms with E-state index < -0.39 is 12.1 Å². The van der Waals surface area contributed by atoms with E-state index in [0.29, 0.717) is 6.61 Å². The first-order valence-corrected chi connectivity index (χ1v) is 13.3. The number of methoxy groups -OCH3 is 2. The summed E-state index contributed by atoms with van der Waals surface area (Å²) < 4.78 is 17.0. The van der Waals surface area contributed by atoms with Gasteiger partial charge in [0, 0.05) is 51.3 Å². The van der Waals surface area contributed by atoms with Crippen LogP contribution in [-0.2, 0) is 33.8 Å². The van der Waals surface area contributed by atoms with Gasteiger partial charge in [0.15, 0.2) is 0 Å². The number of fused-ring (bicyclic) bond motifs is 1. The van der Waals surface area contributed by atoms with Crippen molar-refractivity contribution in [3.63, 3.8) is 0 Å². The van der Waals surface area contributed by atoms with Gasteiger partial charge in [0.2, 0.25) is 5.88 Å². The third-order valence-electron chi connectivity index (χ3n) is 7.29. The van der Waals surface area contributed by atoms with Crippen molar-refractivity contribution in [2.45, 2.75) is 32.7 Å². The first-order valence-electron chi connectivity index (χ1n) is 13.3. The molecule has 2 aromatic carbocycles. The molecular formula is C31H38N4O5. The Bertz CT molecular complexity index is 1330. The van der Waals surface area contributed by atoms with Crippen LogP contribution in [0.15, 0.2) is 66.1 Å². The third-order valence-corrected chi connectivity index (χ3v) is 7.29. The molecule has 2 aromatic rings. The molecule has 9 heteroatoms. The molecule has 1 atom stereocenters. The second-order valence-corrected chi connectivity index (χ2v) is 9.90. The number of carboxylic acid groups (broad SMARTS) is 1. The zero-order chi connectivity index (χ0) is 28.6. The highest BCUT2D eigenvalue weighted by molar-refractivity contribution is 6.07. The molecule has 9 nitrogen and oxygen atoms in total. The second-order valence-electron chi connectivity index (χ2n) is 9.90. The summed E-state index contributed by atoms with van der Waals surface area (Å²) in [6.07, 6.45) is 7.19. The van der Waals surface area contributed by atoms with Crippen LogP contribution in [-0.4, -0.2) is 74.2 Å². The molecule has 0 amide bonds. The van der Waals surface area contributed by atoms with E-state index in [9.17, 15) is 9.90 Å². The Balaban J connectivity index is 1.51. The van der Waals surface area contributed by atoms with Crippen LogP contribution in [0.3, 0.4) is 0 Å². The number of carbonyl (C=O) groups is 1. The lowest BCUT2D eigenvalue weighted by Crippen LogP contribution is -2.43. The fourth-order valence-corrected chi connectivity index (χ4v) is 5.05. The normalized spacial score (nSPS) is 17.4. The van der Waals surface area contributed by atoms with E-state index in [0.717, 1.165) is 67.0 Å². The quantitative estimate of drug-likeness (QED) is 0.209. The smallest absolute Gasteiger partial charge is 0.342 e. The lowest BCUT2D eigenvalue weighted by atomic mass is 9.97. The molecule has 212 valence electrons. The monoisotopic (exact) mass is 546 g/mol. The molecule has 2 heterocycles. The van der Waals surface area contributed by atoms with Gasteiger partial charge in [0.25, 0.3) is 0 Å². The summed E-state index contributed by atoms with van der Waals surface area (Å²) in [6, 6.07) is 12.7. The minimum Gasteiger partial charge on any atom is -0.488 e. The third kappa shape index (κ3) is 6.55. The average molecular weight is 547 g/mol. The van der Waals surface area contributed by atoms with Gasteiger partial charge in [-0.2, -0.15) is 0 Å². The molecule has 4 rings (SSSR count). The molecule has 0 spiro atoms. The van der Waals surface area contributed by atoms with E-state index in [1.807, 2.05) is 55.3 Å². The first-order chi connectivity index (χ1) is 19.4. The molecule has 40 heavy (non-hydrogen) atoms. The van der Waals surface area contributed by atoms with Crippen LogP contribution >= 0.6 is 0 Å². The largest absolute Gasteiger partial charge is 0.488 e. The standard InChI is InChI=1S/C31H38N4O5/c1-21-7-5-8-25(27-9-6-10-28(34(27)2)33-30(39-4)26(18-32)31(36)37)29(21)40-20-22-11-12-24-19-35(15-16-38-3)14-13-23(24)17-22/h5-12,17-18,28,32-33H,13-16,19-20H2,1-4H3,(H,36,37)/b30-26-,32-18?. The fraction of sp³-hybridized carbons (Fsp3) is 0.355. The Kier molecular flexibility index (Phi) is 9.63. The van der Waals surface area contributed by atoms with Crippen LogP contribution in [0.2, 0.25) is 0 Å². The Labute approximate surface area is 235 Å². The van der Waals surface area contributed by atoms with Crippen LogP contribution < -0.4 is 10.1 Å². The van der Waals surface area contributed by atoms with Gasteiger partial charge in [-0.05, 0) is 53.8 Å². The summed E-state index contributed by atoms with van der Waals surface area (Å²) in [7, 11) is 5.03. The maximum atomic E-state index is 11.5. The Hall–Kier alpha value is -4.08. The van der Waals surface area contributed by atoms with Crippen LogP contribution in [0.25, 0.3) is 5.70 Å². The Morgan fingerprint density at radius 2 is 2.05 bits per heavy atom. The first kappa shape index (κ1) is 28.9. The number of ether oxygens (including phenoxy) is 3. The summed E-state index contributed by atoms with van der Waals surface area (Å²) in [5.41, 5.74) is 6.47. The number of para-hydroxylation sites is 1. The number of rotatable bonds is 12. The molecule has 2 aliphatic heterocycles. The Morgan fingerprint density at radius 3 is 2.77 bits per heavy atom. The lowest BCUT2D eigenvalue weighted by Gasteiger charge is -2.34. The van der Waals surface area contributed by atoms with Crippen molar-refractivity contribution in [2.24, 2.45) is 0 Å². The van der Waals surface area contributed by atoms with Gasteiger partial charge < -0.3 is 34.9 Å². The van der Waals surface area contributed by atoms with Crippen LogP contribution in [0.1, 0.15) is 27.8 Å². The molecule has 0 aromatic heterocycles. The van der Waals surface area contributed by atoms with Crippen LogP contribution in [0.5, 0.6) is 5.75 Å². The van der Waals surface area contributed by atoms with Gasteiger partial charge in [-0.25, -0.2) is 4.79 Å². The zero-order valence-electron chi connectivity index (χ0n) is 23.6. The highest BCUT2D eigenvalue weighted by Crippen LogP contribution is 2.34. The van der Waals surface area contributed by atoms with Gasteiger partial charge in [-0.15, -0.1) is 0 Å². The molecule has 0 radical (unpaired) electrons. The summed E-state index contributed by atoms with van der Waals surface area (Å²) in [6.45, 7) is 6.14. The number of likely N-dealkylation sites (N-methyl/N-ethyl adjacent to an activating group) is 1. The van der Waals surface area contributed by atoms with Crippen molar-refractivity contribution in [2.75, 3.05) is 41.0 Å². The van der Waals surface area contributed by atoms with E-state index in [-0.39, 0.29) is 11.5 Å². The van der Waals surface area contributed by atoms with E-state index in [1.165, 1.54) is 18.2 Å². The van der Waals surface area contributed by atoms with Gasteiger partial charge in [0.1, 0.15) is 24.1 Å². The number of aryl methyl sites for hydroxylation is 1. The molecule has 1 unspecified atom stereocenters. The van der Waals surface area contributed by atoms with E-state index in [1.54, 1.807) is 7.11 Å². The van der Waals surface area contributed by atoms with Crippen molar-refractivity contribution in [1.29, 1.82) is 5.41 Å². The maximum Gasteiger partial charge on any atom is 0.342 e. The topological polar surface area (TPSA) is 107 Å². The number of allylic oxidation sites excluding steroid dienone is 2. The predicted molar refractivity (Wildman–Crippen MR) is 155 cm³/mol. The van der Waals surface area contributed by atoms with Crippen molar-refractivity contribution in [1.82, 2.24) is 15.1 Å². The number of hydrogen-bond acceptors (Lipinski definition) is 8. The summed E-state index contributed by atoms with van der Waals surface area (Å²) in [4.78, 5) is 16.0. The minimum absolute atomic E-state index is 0.0141. The number of nitrogens with zero attached hydrogens (tertiary/aromatic N) is 2. The molecule has 0 saturated heterocycles. The van der Waals surface area contributed by atoms with Crippen molar-refractivity contribution in [3.8, 4) is 5.75 Å². The van der Waals surface area contributed by atoms with Crippen LogP contribution in [0.4, 0.5) is 0 Å². The van der Waals surface area contributed by atoms with Gasteiger partial charge in [0.05, 0.1) is 13.7 Å². The van der Waals surface area contributed by atoms with Crippen LogP contribution in [0, 0.1) is 12.3 Å². The summed E-state index contributed by atoms with van der Waals surface area (Å²) in [5, 5.41) is 20.0. The molecular weight excluding hydrogens is 508 g/mol. The Morgan fingerprint density at radius 1 is 1.23 bits per heavy atom. The second kappa shape index (κ2) is 13.3. The van der Waals surface area contributed by atoms with E-state index in [2.05, 4.69) is 28.4 Å². The predicted octanol–water partition coefficient (Wildman–Crippen LogP) is 3.93. The van der Waals surface area contributed by atoms with E-state index >= 15 is 0 Å². The molecule has 2 aliphatic rings. The van der Waals surface area contributed by atoms with Crippen molar-refractivity contribution >= 4 is 17.9 Å². The van der Waals surface area contributed by atoms with Gasteiger partial charge in [-0.1, -0.05) is 36.4 Å². The number of benzene rings is 2. The summed E-state index contributed by atoms with van der Waals surface area (Å²) in [5.74, 6) is -0.427. The van der Waals surface area contributed by atoms with Gasteiger partial charge >= 0.3 is 5.97 Å². The maximum absolute atomic E-state index is 11.5. The molecule has 0 fully saturated rings. The molecule has 0 saturated carbocycles. The van der Waals surface area contributed by atoms with Crippen molar-refractivity contribution in [3.05, 3.63) is 93.9 Å². The molecule has 0 aliphatic carbocycles. The highest BCUT2D eigenvalue weighted by Gasteiger charge is 2.25. The zero-order valence-corrected chi connectivity index (χ0v) is 23.6. The highest BCUT2D eigenvalue weighted by atomic mass is 16.5. The number of nitrogens with one attached hydrogen (secondary N) is 2. The average Bonchev–Trinajstić information content (AvgIpc) is 2.95. The SMILES string of the molecule is COCCN1CCc2cc(COc3c(C)cccc3C3=CC=CC(N/C(OC)=C(\C=N)C(=O)O)N3C)ccc2C1. The molecule has 3 N–H and O–H groups in total.